The molecule has 3 aromatic rings. The Kier molecular flexibility index (Phi) is 7.68. The number of ether oxygens (including phenoxy) is 2. The van der Waals surface area contributed by atoms with E-state index in [1.807, 2.05) is 37.3 Å². The Morgan fingerprint density at radius 3 is 2.28 bits per heavy atom. The van der Waals surface area contributed by atoms with Crippen LogP contribution in [0.5, 0.6) is 5.75 Å². The van der Waals surface area contributed by atoms with Gasteiger partial charge < -0.3 is 9.47 Å². The molecule has 0 N–H and O–H groups in total. The third-order valence-electron chi connectivity index (χ3n) is 7.30. The zero-order valence-electron chi connectivity index (χ0n) is 21.1. The molecule has 7 nitrogen and oxygen atoms in total. The van der Waals surface area contributed by atoms with Crippen LogP contribution in [0.1, 0.15) is 41.6 Å². The lowest BCUT2D eigenvalue weighted by atomic mass is 10.1. The van der Waals surface area contributed by atoms with E-state index in [4.69, 9.17) is 9.47 Å². The number of aryl methyl sites for hydroxylation is 1. The number of benzene rings is 2. The maximum atomic E-state index is 13.5. The molecular formula is C29H35N3O4. The number of aromatic nitrogens is 1. The lowest BCUT2D eigenvalue weighted by molar-refractivity contribution is 0.0472. The number of nitrogens with zero attached hydrogens (tertiary/aromatic N) is 3. The van der Waals surface area contributed by atoms with E-state index in [2.05, 4.69) is 9.80 Å². The fraction of sp³-hybridized carbons (Fsp3) is 0.448. The number of fused-ring (bicyclic) bond motifs is 1. The van der Waals surface area contributed by atoms with Crippen LogP contribution in [0.15, 0.2) is 53.5 Å². The smallest absolute Gasteiger partial charge is 0.338 e. The van der Waals surface area contributed by atoms with Crippen molar-refractivity contribution in [3.05, 3.63) is 70.1 Å². The molecule has 0 saturated carbocycles. The minimum Gasteiger partial charge on any atom is -0.492 e. The first kappa shape index (κ1) is 24.5. The van der Waals surface area contributed by atoms with Gasteiger partial charge in [0.2, 0.25) is 0 Å². The predicted octanol–water partition coefficient (Wildman–Crippen LogP) is 4.03. The van der Waals surface area contributed by atoms with Crippen LogP contribution in [0.2, 0.25) is 0 Å². The Morgan fingerprint density at radius 2 is 1.56 bits per heavy atom. The highest BCUT2D eigenvalue weighted by Crippen LogP contribution is 2.21. The van der Waals surface area contributed by atoms with Crippen molar-refractivity contribution in [3.63, 3.8) is 0 Å². The Balaban J connectivity index is 1.32. The summed E-state index contributed by atoms with van der Waals surface area (Å²) in [6.07, 6.45) is 6.70. The summed E-state index contributed by atoms with van der Waals surface area (Å²) in [5.41, 5.74) is 1.89. The number of pyridine rings is 1. The van der Waals surface area contributed by atoms with Crippen molar-refractivity contribution >= 4 is 16.7 Å². The van der Waals surface area contributed by atoms with Crippen molar-refractivity contribution in [1.29, 1.82) is 0 Å². The van der Waals surface area contributed by atoms with Crippen molar-refractivity contribution in [1.82, 2.24) is 14.4 Å². The molecule has 0 unspecified atom stereocenters. The Hall–Kier alpha value is -3.16. The number of carbonyl (C=O) groups is 1. The highest BCUT2D eigenvalue weighted by molar-refractivity contribution is 5.90. The molecule has 3 heterocycles. The van der Waals surface area contributed by atoms with E-state index < -0.39 is 0 Å². The standard InChI is InChI=1S/C29H35N3O4/c1-22-6-7-24(29(34)36-19-17-31-13-4-5-14-31)20-27(22)32-15-10-23-8-9-25(21-26(23)28(32)33)35-18-16-30-11-2-3-12-30/h6-10,15,20-21H,2-5,11-14,16-19H2,1H3. The molecule has 0 spiro atoms. The topological polar surface area (TPSA) is 64.0 Å². The molecule has 0 bridgehead atoms. The molecular weight excluding hydrogens is 454 g/mol. The van der Waals surface area contributed by atoms with Crippen LogP contribution in [-0.2, 0) is 4.74 Å². The van der Waals surface area contributed by atoms with Crippen molar-refractivity contribution in [2.45, 2.75) is 32.6 Å². The number of rotatable bonds is 9. The first-order valence-corrected chi connectivity index (χ1v) is 13.1. The minimum atomic E-state index is -0.363. The quantitative estimate of drug-likeness (QED) is 0.423. The molecule has 190 valence electrons. The highest BCUT2D eigenvalue weighted by Gasteiger charge is 2.16. The molecule has 2 fully saturated rings. The van der Waals surface area contributed by atoms with E-state index in [-0.39, 0.29) is 11.5 Å². The van der Waals surface area contributed by atoms with Crippen LogP contribution in [0.25, 0.3) is 16.5 Å². The minimum absolute atomic E-state index is 0.139. The van der Waals surface area contributed by atoms with Crippen molar-refractivity contribution in [2.24, 2.45) is 0 Å². The van der Waals surface area contributed by atoms with Crippen LogP contribution in [0, 0.1) is 6.92 Å². The summed E-state index contributed by atoms with van der Waals surface area (Å²) in [7, 11) is 0. The van der Waals surface area contributed by atoms with Gasteiger partial charge in [-0.2, -0.15) is 0 Å². The zero-order chi connectivity index (χ0) is 24.9. The summed E-state index contributed by atoms with van der Waals surface area (Å²) in [4.78, 5) is 30.9. The molecule has 2 aliphatic rings. The molecule has 0 atom stereocenters. The average molecular weight is 490 g/mol. The first-order chi connectivity index (χ1) is 17.6. The fourth-order valence-corrected chi connectivity index (χ4v) is 5.15. The average Bonchev–Trinajstić information content (AvgIpc) is 3.60. The van der Waals surface area contributed by atoms with E-state index in [1.54, 1.807) is 22.9 Å². The zero-order valence-corrected chi connectivity index (χ0v) is 21.1. The van der Waals surface area contributed by atoms with Gasteiger partial charge in [0.15, 0.2) is 0 Å². The summed E-state index contributed by atoms with van der Waals surface area (Å²) in [6, 6.07) is 13.0. The van der Waals surface area contributed by atoms with Crippen LogP contribution >= 0.6 is 0 Å². The molecule has 36 heavy (non-hydrogen) atoms. The molecule has 7 heteroatoms. The first-order valence-electron chi connectivity index (χ1n) is 13.1. The number of esters is 1. The Labute approximate surface area is 212 Å². The fourth-order valence-electron chi connectivity index (χ4n) is 5.15. The SMILES string of the molecule is Cc1ccc(C(=O)OCCN2CCCC2)cc1-n1ccc2ccc(OCCN3CCCC3)cc2c1=O. The molecule has 2 aliphatic heterocycles. The van der Waals surface area contributed by atoms with E-state index in [1.165, 1.54) is 25.7 Å². The number of carbonyl (C=O) groups excluding carboxylic acids is 1. The van der Waals surface area contributed by atoms with Crippen LogP contribution in [0.4, 0.5) is 0 Å². The normalized spacial score (nSPS) is 16.6. The second-order valence-corrected chi connectivity index (χ2v) is 9.82. The van der Waals surface area contributed by atoms with Gasteiger partial charge >= 0.3 is 5.97 Å². The van der Waals surface area contributed by atoms with Gasteiger partial charge in [-0.05, 0) is 100 Å². The van der Waals surface area contributed by atoms with E-state index in [0.717, 1.165) is 50.2 Å². The van der Waals surface area contributed by atoms with Gasteiger partial charge in [-0.25, -0.2) is 4.79 Å². The van der Waals surface area contributed by atoms with Crippen LogP contribution in [0.3, 0.4) is 0 Å². The van der Waals surface area contributed by atoms with Gasteiger partial charge in [-0.15, -0.1) is 0 Å². The lowest BCUT2D eigenvalue weighted by Gasteiger charge is -2.16. The largest absolute Gasteiger partial charge is 0.492 e. The second-order valence-electron chi connectivity index (χ2n) is 9.82. The monoisotopic (exact) mass is 489 g/mol. The predicted molar refractivity (Wildman–Crippen MR) is 141 cm³/mol. The van der Waals surface area contributed by atoms with Gasteiger partial charge in [-0.3, -0.25) is 19.2 Å². The number of hydrogen-bond acceptors (Lipinski definition) is 6. The van der Waals surface area contributed by atoms with Crippen LogP contribution in [-0.4, -0.2) is 72.8 Å². The van der Waals surface area contributed by atoms with Crippen LogP contribution < -0.4 is 10.3 Å². The van der Waals surface area contributed by atoms with Gasteiger partial charge in [0.25, 0.3) is 5.56 Å². The van der Waals surface area contributed by atoms with Crippen molar-refractivity contribution in [2.75, 3.05) is 52.5 Å². The van der Waals surface area contributed by atoms with Crippen molar-refractivity contribution < 1.29 is 14.3 Å². The summed E-state index contributed by atoms with van der Waals surface area (Å²) in [6.45, 7) is 8.99. The maximum Gasteiger partial charge on any atom is 0.338 e. The maximum absolute atomic E-state index is 13.5. The number of hydrogen-bond donors (Lipinski definition) is 0. The molecule has 2 aromatic carbocycles. The molecule has 0 aliphatic carbocycles. The van der Waals surface area contributed by atoms with Gasteiger partial charge in [0.05, 0.1) is 16.6 Å². The van der Waals surface area contributed by atoms with Crippen molar-refractivity contribution in [3.8, 4) is 11.4 Å². The Morgan fingerprint density at radius 1 is 0.861 bits per heavy atom. The van der Waals surface area contributed by atoms with E-state index in [0.29, 0.717) is 35.6 Å². The molecule has 0 amide bonds. The van der Waals surface area contributed by atoms with Gasteiger partial charge in [-0.1, -0.05) is 12.1 Å². The summed E-state index contributed by atoms with van der Waals surface area (Å²) < 4.78 is 13.1. The number of likely N-dealkylation sites (tertiary alicyclic amines) is 2. The molecule has 0 radical (unpaired) electrons. The van der Waals surface area contributed by atoms with Gasteiger partial charge in [0, 0.05) is 19.3 Å². The molecule has 2 saturated heterocycles. The highest BCUT2D eigenvalue weighted by atomic mass is 16.5. The van der Waals surface area contributed by atoms with E-state index in [9.17, 15) is 9.59 Å². The third-order valence-corrected chi connectivity index (χ3v) is 7.30. The summed E-state index contributed by atoms with van der Waals surface area (Å²) in [5, 5.41) is 1.45. The lowest BCUT2D eigenvalue weighted by Crippen LogP contribution is -2.25. The molecule has 5 rings (SSSR count). The Bertz CT molecular complexity index is 1270. The second kappa shape index (κ2) is 11.3. The molecule has 1 aromatic heterocycles. The van der Waals surface area contributed by atoms with Gasteiger partial charge in [0.1, 0.15) is 19.0 Å². The third kappa shape index (κ3) is 5.63. The summed E-state index contributed by atoms with van der Waals surface area (Å²) >= 11 is 0. The summed E-state index contributed by atoms with van der Waals surface area (Å²) in [5.74, 6) is 0.335. The van der Waals surface area contributed by atoms with E-state index >= 15 is 0 Å².